The lowest BCUT2D eigenvalue weighted by Crippen LogP contribution is -2.30. The molecule has 6 rings (SSSR count). The number of fused-ring (bicyclic) bond motifs is 3. The summed E-state index contributed by atoms with van der Waals surface area (Å²) in [5.41, 5.74) is 9.42. The predicted molar refractivity (Wildman–Crippen MR) is 150 cm³/mol. The van der Waals surface area contributed by atoms with E-state index in [4.69, 9.17) is 4.42 Å². The molecule has 0 radical (unpaired) electrons. The highest BCUT2D eigenvalue weighted by Gasteiger charge is 2.23. The van der Waals surface area contributed by atoms with E-state index in [1.807, 2.05) is 43.6 Å². The monoisotopic (exact) mass is 486 g/mol. The van der Waals surface area contributed by atoms with Crippen LogP contribution in [0.1, 0.15) is 30.9 Å². The second-order valence-electron chi connectivity index (χ2n) is 10.1. The summed E-state index contributed by atoms with van der Waals surface area (Å²) in [7, 11) is 2.03. The van der Waals surface area contributed by atoms with Gasteiger partial charge in [0.1, 0.15) is 24.0 Å². The number of nitrogens with zero attached hydrogens (tertiary/aromatic N) is 1. The van der Waals surface area contributed by atoms with Crippen molar-refractivity contribution in [2.45, 2.75) is 26.7 Å². The number of hydrogen-bond acceptors (Lipinski definition) is 1. The number of furan rings is 1. The average Bonchev–Trinajstić information content (AvgIpc) is 3.28. The molecule has 2 heterocycles. The van der Waals surface area contributed by atoms with Gasteiger partial charge in [0.05, 0.1) is 11.1 Å². The largest absolute Gasteiger partial charge is 0.454 e. The quantitative estimate of drug-likeness (QED) is 0.227. The van der Waals surface area contributed by atoms with Crippen LogP contribution in [0.3, 0.4) is 0 Å². The van der Waals surface area contributed by atoms with Crippen LogP contribution in [0.5, 0.6) is 0 Å². The Hall–Kier alpha value is -4.24. The van der Waals surface area contributed by atoms with E-state index in [1.54, 1.807) is 6.07 Å². The van der Waals surface area contributed by atoms with E-state index >= 15 is 4.39 Å². The van der Waals surface area contributed by atoms with Crippen molar-refractivity contribution in [1.29, 1.82) is 0 Å². The topological polar surface area (TPSA) is 17.0 Å². The van der Waals surface area contributed by atoms with Crippen molar-refractivity contribution in [3.8, 4) is 33.5 Å². The van der Waals surface area contributed by atoms with Gasteiger partial charge in [0, 0.05) is 22.9 Å². The second-order valence-corrected chi connectivity index (χ2v) is 10.1. The Morgan fingerprint density at radius 3 is 1.92 bits per heavy atom. The molecule has 4 aromatic carbocycles. The molecule has 0 atom stereocenters. The molecule has 0 aliphatic rings. The van der Waals surface area contributed by atoms with Gasteiger partial charge in [-0.05, 0) is 58.9 Å². The minimum atomic E-state index is -0.288. The van der Waals surface area contributed by atoms with Crippen LogP contribution in [0, 0.1) is 12.7 Å². The van der Waals surface area contributed by atoms with Crippen molar-refractivity contribution in [1.82, 2.24) is 0 Å². The Balaban J connectivity index is 1.50. The standard InChI is InChI=1S/C34H29FNO/c1-21(2)23-9-11-24(12-10-23)25-13-15-26(16-14-25)32-29(35)19-18-28-27-17-8-22(3)31(33(27)37-34(28)32)30-7-5-6-20-36(30)4/h5-21H,1-4H3/q+1. The molecule has 2 nitrogen and oxygen atoms in total. The zero-order chi connectivity index (χ0) is 25.7. The molecule has 0 unspecified atom stereocenters. The first-order valence-corrected chi connectivity index (χ1v) is 12.7. The third-order valence-corrected chi connectivity index (χ3v) is 7.36. The minimum Gasteiger partial charge on any atom is -0.454 e. The van der Waals surface area contributed by atoms with Crippen molar-refractivity contribution in [2.24, 2.45) is 7.05 Å². The highest BCUT2D eigenvalue weighted by atomic mass is 19.1. The van der Waals surface area contributed by atoms with Crippen LogP contribution in [0.2, 0.25) is 0 Å². The highest BCUT2D eigenvalue weighted by molar-refractivity contribution is 6.13. The van der Waals surface area contributed by atoms with Crippen LogP contribution in [0.4, 0.5) is 4.39 Å². The van der Waals surface area contributed by atoms with E-state index in [9.17, 15) is 0 Å². The number of aromatic nitrogens is 1. The van der Waals surface area contributed by atoms with Gasteiger partial charge >= 0.3 is 0 Å². The molecule has 0 spiro atoms. The van der Waals surface area contributed by atoms with Gasteiger partial charge in [-0.2, -0.15) is 0 Å². The molecule has 3 heteroatoms. The zero-order valence-corrected chi connectivity index (χ0v) is 21.5. The highest BCUT2D eigenvalue weighted by Crippen LogP contribution is 2.41. The third kappa shape index (κ3) is 3.92. The Morgan fingerprint density at radius 1 is 0.676 bits per heavy atom. The summed E-state index contributed by atoms with van der Waals surface area (Å²) in [5.74, 6) is 0.210. The lowest BCUT2D eigenvalue weighted by Gasteiger charge is -2.09. The molecule has 182 valence electrons. The first kappa shape index (κ1) is 23.2. The van der Waals surface area contributed by atoms with Gasteiger partial charge in [0.2, 0.25) is 5.69 Å². The maximum absolute atomic E-state index is 15.4. The molecule has 0 aliphatic heterocycles. The van der Waals surface area contributed by atoms with Gasteiger partial charge in [0.25, 0.3) is 0 Å². The van der Waals surface area contributed by atoms with Gasteiger partial charge < -0.3 is 4.42 Å². The summed E-state index contributed by atoms with van der Waals surface area (Å²) in [5, 5.41) is 1.90. The van der Waals surface area contributed by atoms with Gasteiger partial charge in [0.15, 0.2) is 6.20 Å². The van der Waals surface area contributed by atoms with Crippen LogP contribution < -0.4 is 4.57 Å². The van der Waals surface area contributed by atoms with Gasteiger partial charge in [-0.25, -0.2) is 8.96 Å². The summed E-state index contributed by atoms with van der Waals surface area (Å²) in [6.45, 7) is 6.48. The van der Waals surface area contributed by atoms with Gasteiger partial charge in [-0.3, -0.25) is 0 Å². The normalized spacial score (nSPS) is 11.6. The van der Waals surface area contributed by atoms with Gasteiger partial charge in [-0.15, -0.1) is 0 Å². The number of hydrogen-bond donors (Lipinski definition) is 0. The molecule has 0 amide bonds. The molecular weight excluding hydrogens is 457 g/mol. The van der Waals surface area contributed by atoms with Crippen molar-refractivity contribution in [3.63, 3.8) is 0 Å². The van der Waals surface area contributed by atoms with E-state index in [2.05, 4.69) is 79.9 Å². The van der Waals surface area contributed by atoms with Crippen LogP contribution >= 0.6 is 0 Å². The van der Waals surface area contributed by atoms with Crippen molar-refractivity contribution in [3.05, 3.63) is 114 Å². The molecule has 2 aromatic heterocycles. The molecule has 0 saturated carbocycles. The molecule has 37 heavy (non-hydrogen) atoms. The fourth-order valence-electron chi connectivity index (χ4n) is 5.24. The van der Waals surface area contributed by atoms with Crippen LogP contribution in [-0.2, 0) is 7.05 Å². The fraction of sp³-hybridized carbons (Fsp3) is 0.147. The third-order valence-electron chi connectivity index (χ3n) is 7.36. The molecule has 6 aromatic rings. The summed E-state index contributed by atoms with van der Waals surface area (Å²) < 4.78 is 24.0. The lowest BCUT2D eigenvalue weighted by molar-refractivity contribution is -0.660. The van der Waals surface area contributed by atoms with E-state index in [1.165, 1.54) is 5.56 Å². The van der Waals surface area contributed by atoms with Crippen molar-refractivity contribution in [2.75, 3.05) is 0 Å². The van der Waals surface area contributed by atoms with E-state index < -0.39 is 0 Å². The smallest absolute Gasteiger partial charge is 0.216 e. The molecule has 0 aliphatic carbocycles. The SMILES string of the molecule is Cc1ccc2c(oc3c(-c4ccc(-c5ccc(C(C)C)cc5)cc4)c(F)ccc32)c1-c1cccc[n+]1C. The molecule has 0 N–H and O–H groups in total. The number of rotatable bonds is 4. The summed E-state index contributed by atoms with van der Waals surface area (Å²) in [6, 6.07) is 30.4. The average molecular weight is 487 g/mol. The van der Waals surface area contributed by atoms with E-state index in [0.29, 0.717) is 17.1 Å². The second kappa shape index (κ2) is 9.01. The van der Waals surface area contributed by atoms with Crippen molar-refractivity contribution >= 4 is 21.9 Å². The molecular formula is C34H29FNO+. The summed E-state index contributed by atoms with van der Waals surface area (Å²) in [4.78, 5) is 0. The van der Waals surface area contributed by atoms with Crippen molar-refractivity contribution < 1.29 is 13.4 Å². The van der Waals surface area contributed by atoms with E-state index in [0.717, 1.165) is 49.9 Å². The Labute approximate surface area is 216 Å². The first-order valence-electron chi connectivity index (χ1n) is 12.7. The minimum absolute atomic E-state index is 0.288. The van der Waals surface area contributed by atoms with Crippen LogP contribution in [0.25, 0.3) is 55.4 Å². The molecule has 0 fully saturated rings. The zero-order valence-electron chi connectivity index (χ0n) is 21.5. The van der Waals surface area contributed by atoms with Gasteiger partial charge in [-0.1, -0.05) is 74.5 Å². The van der Waals surface area contributed by atoms with Crippen LogP contribution in [0.15, 0.2) is 102 Å². The maximum atomic E-state index is 15.4. The first-order chi connectivity index (χ1) is 17.9. The fourth-order valence-corrected chi connectivity index (χ4v) is 5.24. The van der Waals surface area contributed by atoms with Crippen LogP contribution in [-0.4, -0.2) is 0 Å². The lowest BCUT2D eigenvalue weighted by atomic mass is 9.96. The molecule has 0 bridgehead atoms. The Kier molecular flexibility index (Phi) is 5.64. The van der Waals surface area contributed by atoms with E-state index in [-0.39, 0.29) is 5.82 Å². The Morgan fingerprint density at radius 2 is 1.27 bits per heavy atom. The maximum Gasteiger partial charge on any atom is 0.216 e. The Bertz CT molecular complexity index is 1760. The number of aryl methyl sites for hydroxylation is 2. The number of benzene rings is 4. The molecule has 0 saturated heterocycles. The predicted octanol–water partition coefficient (Wildman–Crippen LogP) is 8.98. The number of halogens is 1. The number of pyridine rings is 1. The summed E-state index contributed by atoms with van der Waals surface area (Å²) >= 11 is 0. The summed E-state index contributed by atoms with van der Waals surface area (Å²) in [6.07, 6.45) is 2.03.